The second-order valence-corrected chi connectivity index (χ2v) is 7.86. The lowest BCUT2D eigenvalue weighted by Crippen LogP contribution is -2.48. The fraction of sp³-hybridized carbons (Fsp3) is 0.381. The largest absolute Gasteiger partial charge is 0.435 e. The van der Waals surface area contributed by atoms with Gasteiger partial charge in [-0.3, -0.25) is 10.2 Å². The summed E-state index contributed by atoms with van der Waals surface area (Å²) >= 11 is 5.71. The van der Waals surface area contributed by atoms with Crippen molar-refractivity contribution in [3.8, 4) is 0 Å². The second kappa shape index (κ2) is 10.4. The number of ether oxygens (including phenoxy) is 2. The fourth-order valence-electron chi connectivity index (χ4n) is 3.28. The lowest BCUT2D eigenvalue weighted by molar-refractivity contribution is -0.209. The van der Waals surface area contributed by atoms with E-state index < -0.39 is 48.6 Å². The van der Waals surface area contributed by atoms with Crippen LogP contribution in [-0.2, 0) is 15.7 Å². The first-order valence-corrected chi connectivity index (χ1v) is 10.2. The molecule has 3 rings (SSSR count). The Hall–Kier alpha value is -2.57. The minimum absolute atomic E-state index is 0.0125. The highest BCUT2D eigenvalue weighted by Gasteiger charge is 2.44. The minimum Gasteiger partial charge on any atom is -0.435 e. The number of anilines is 1. The van der Waals surface area contributed by atoms with Gasteiger partial charge in [0.2, 0.25) is 6.10 Å². The highest BCUT2D eigenvalue weighted by Crippen LogP contribution is 2.34. The van der Waals surface area contributed by atoms with Crippen LogP contribution >= 0.6 is 11.6 Å². The van der Waals surface area contributed by atoms with Crippen LogP contribution in [0, 0.1) is 5.82 Å². The summed E-state index contributed by atoms with van der Waals surface area (Å²) in [4.78, 5) is 13.2. The number of nitrogens with one attached hydrogen (secondary N) is 1. The standard InChI is InChI=1S/C21H18ClF7N2O3/c22-13-2-4-14(5-3-13)30-19(32)34-18(21(27,28)29)11-31-7-8-33-17(10-31)12-1-6-16(23)15(9-12)20(24,25)26/h1-6,9,17-18H,7-8,10-11H2,(H,30,32)/t17-,18?/m1/s1. The van der Waals surface area contributed by atoms with Gasteiger partial charge in [0.05, 0.1) is 18.3 Å². The summed E-state index contributed by atoms with van der Waals surface area (Å²) in [5.74, 6) is -1.47. The molecule has 1 unspecified atom stereocenters. The maximum Gasteiger partial charge on any atom is 0.426 e. The van der Waals surface area contributed by atoms with E-state index in [1.807, 2.05) is 0 Å². The van der Waals surface area contributed by atoms with Gasteiger partial charge in [-0.2, -0.15) is 26.3 Å². The highest BCUT2D eigenvalue weighted by atomic mass is 35.5. The molecule has 0 aromatic heterocycles. The monoisotopic (exact) mass is 514 g/mol. The quantitative estimate of drug-likeness (QED) is 0.494. The Kier molecular flexibility index (Phi) is 7.94. The Morgan fingerprint density at radius 3 is 2.44 bits per heavy atom. The van der Waals surface area contributed by atoms with Crippen LogP contribution in [0.15, 0.2) is 42.5 Å². The molecule has 5 nitrogen and oxygen atoms in total. The average molecular weight is 515 g/mol. The Labute approximate surface area is 194 Å². The molecule has 0 radical (unpaired) electrons. The van der Waals surface area contributed by atoms with Crippen LogP contribution in [0.5, 0.6) is 0 Å². The molecule has 186 valence electrons. The normalized spacial score (nSPS) is 18.4. The Morgan fingerprint density at radius 1 is 1.15 bits per heavy atom. The number of hydrogen-bond acceptors (Lipinski definition) is 4. The summed E-state index contributed by atoms with van der Waals surface area (Å²) in [6.07, 6.45) is -14.8. The molecule has 1 amide bonds. The third-order valence-corrected chi connectivity index (χ3v) is 5.20. The van der Waals surface area contributed by atoms with Gasteiger partial charge in [-0.05, 0) is 42.0 Å². The van der Waals surface area contributed by atoms with Crippen LogP contribution < -0.4 is 5.32 Å². The summed E-state index contributed by atoms with van der Waals surface area (Å²) in [6, 6.07) is 7.87. The molecule has 13 heteroatoms. The van der Waals surface area contributed by atoms with Crippen molar-refractivity contribution >= 4 is 23.4 Å². The van der Waals surface area contributed by atoms with Crippen molar-refractivity contribution in [1.29, 1.82) is 0 Å². The van der Waals surface area contributed by atoms with E-state index in [1.54, 1.807) is 0 Å². The van der Waals surface area contributed by atoms with Crippen molar-refractivity contribution in [1.82, 2.24) is 4.90 Å². The number of morpholine rings is 1. The predicted molar refractivity (Wildman–Crippen MR) is 108 cm³/mol. The summed E-state index contributed by atoms with van der Waals surface area (Å²) in [6.45, 7) is -1.08. The van der Waals surface area contributed by atoms with Gasteiger partial charge < -0.3 is 9.47 Å². The zero-order valence-electron chi connectivity index (χ0n) is 17.2. The van der Waals surface area contributed by atoms with Crippen molar-refractivity contribution in [3.63, 3.8) is 0 Å². The van der Waals surface area contributed by atoms with E-state index in [9.17, 15) is 35.5 Å². The van der Waals surface area contributed by atoms with E-state index in [1.165, 1.54) is 29.2 Å². The summed E-state index contributed by atoms with van der Waals surface area (Å²) in [5.41, 5.74) is -1.37. The summed E-state index contributed by atoms with van der Waals surface area (Å²) < 4.78 is 103. The highest BCUT2D eigenvalue weighted by molar-refractivity contribution is 6.30. The molecular weight excluding hydrogens is 497 g/mol. The molecule has 1 N–H and O–H groups in total. The van der Waals surface area contributed by atoms with E-state index in [0.29, 0.717) is 17.2 Å². The number of nitrogens with zero attached hydrogens (tertiary/aromatic N) is 1. The van der Waals surface area contributed by atoms with Gasteiger partial charge in [0.1, 0.15) is 5.82 Å². The number of alkyl halides is 6. The molecular formula is C21H18ClF7N2O3. The lowest BCUT2D eigenvalue weighted by atomic mass is 10.0. The smallest absolute Gasteiger partial charge is 0.426 e. The van der Waals surface area contributed by atoms with Crippen molar-refractivity contribution < 1.29 is 45.0 Å². The number of carbonyl (C=O) groups is 1. The molecule has 1 fully saturated rings. The molecule has 1 aliphatic rings. The van der Waals surface area contributed by atoms with E-state index in [4.69, 9.17) is 16.3 Å². The van der Waals surface area contributed by atoms with Crippen molar-refractivity contribution in [2.45, 2.75) is 24.6 Å². The number of amides is 1. The van der Waals surface area contributed by atoms with Crippen LogP contribution in [0.2, 0.25) is 5.02 Å². The maximum absolute atomic E-state index is 13.6. The molecule has 1 heterocycles. The Balaban J connectivity index is 1.68. The van der Waals surface area contributed by atoms with Gasteiger partial charge in [0, 0.05) is 30.3 Å². The van der Waals surface area contributed by atoms with Gasteiger partial charge in [-0.25, -0.2) is 9.18 Å². The minimum atomic E-state index is -4.94. The third-order valence-electron chi connectivity index (χ3n) is 4.95. The maximum atomic E-state index is 13.6. The SMILES string of the molecule is O=C(Nc1ccc(Cl)cc1)OC(CN1CCO[C@@H](c2ccc(F)c(C(F)(F)F)c2)C1)C(F)(F)F. The van der Waals surface area contributed by atoms with E-state index in [-0.39, 0.29) is 30.9 Å². The molecule has 0 spiro atoms. The first kappa shape index (κ1) is 26.0. The zero-order valence-corrected chi connectivity index (χ0v) is 18.0. The second-order valence-electron chi connectivity index (χ2n) is 7.42. The van der Waals surface area contributed by atoms with E-state index in [2.05, 4.69) is 10.1 Å². The zero-order chi connectivity index (χ0) is 25.1. The van der Waals surface area contributed by atoms with Crippen LogP contribution in [0.4, 0.5) is 41.2 Å². The van der Waals surface area contributed by atoms with E-state index >= 15 is 0 Å². The van der Waals surface area contributed by atoms with Gasteiger partial charge in [-0.15, -0.1) is 0 Å². The molecule has 2 atom stereocenters. The molecule has 1 saturated heterocycles. The number of benzene rings is 2. The van der Waals surface area contributed by atoms with Crippen LogP contribution in [0.1, 0.15) is 17.2 Å². The number of halogens is 8. The molecule has 0 bridgehead atoms. The van der Waals surface area contributed by atoms with Gasteiger partial charge in [0.25, 0.3) is 0 Å². The molecule has 0 aliphatic carbocycles. The molecule has 34 heavy (non-hydrogen) atoms. The number of carbonyl (C=O) groups excluding carboxylic acids is 1. The van der Waals surface area contributed by atoms with Crippen molar-refractivity contribution in [2.24, 2.45) is 0 Å². The van der Waals surface area contributed by atoms with Gasteiger partial charge in [-0.1, -0.05) is 17.7 Å². The Morgan fingerprint density at radius 2 is 1.82 bits per heavy atom. The van der Waals surface area contributed by atoms with E-state index in [0.717, 1.165) is 6.07 Å². The Bertz CT molecular complexity index is 999. The van der Waals surface area contributed by atoms with Crippen molar-refractivity contribution in [3.05, 3.63) is 64.4 Å². The molecule has 2 aromatic carbocycles. The molecule has 1 aliphatic heterocycles. The fourth-order valence-corrected chi connectivity index (χ4v) is 3.41. The molecule has 0 saturated carbocycles. The van der Waals surface area contributed by atoms with Crippen LogP contribution in [0.3, 0.4) is 0 Å². The van der Waals surface area contributed by atoms with Crippen LogP contribution in [0.25, 0.3) is 0 Å². The number of hydrogen-bond donors (Lipinski definition) is 1. The first-order valence-electron chi connectivity index (χ1n) is 9.83. The number of rotatable bonds is 5. The summed E-state index contributed by atoms with van der Waals surface area (Å²) in [5, 5.41) is 2.52. The van der Waals surface area contributed by atoms with Gasteiger partial charge in [0.15, 0.2) is 0 Å². The first-order chi connectivity index (χ1) is 15.8. The van der Waals surface area contributed by atoms with Crippen LogP contribution in [-0.4, -0.2) is 49.5 Å². The predicted octanol–water partition coefficient (Wildman–Crippen LogP) is 6.05. The summed E-state index contributed by atoms with van der Waals surface area (Å²) in [7, 11) is 0. The third kappa shape index (κ3) is 6.97. The topological polar surface area (TPSA) is 50.8 Å². The van der Waals surface area contributed by atoms with Gasteiger partial charge >= 0.3 is 18.4 Å². The van der Waals surface area contributed by atoms with Crippen molar-refractivity contribution in [2.75, 3.05) is 31.6 Å². The molecule has 2 aromatic rings. The lowest BCUT2D eigenvalue weighted by Gasteiger charge is -2.35. The average Bonchev–Trinajstić information content (AvgIpc) is 2.74.